The summed E-state index contributed by atoms with van der Waals surface area (Å²) in [5, 5.41) is 17.4. The van der Waals surface area contributed by atoms with Gasteiger partial charge in [-0.2, -0.15) is 0 Å². The average molecular weight is 370 g/mol. The lowest BCUT2D eigenvalue weighted by Gasteiger charge is -2.09. The number of nitrogens with zero attached hydrogens (tertiary/aromatic N) is 1. The van der Waals surface area contributed by atoms with Crippen molar-refractivity contribution in [3.63, 3.8) is 0 Å². The van der Waals surface area contributed by atoms with Gasteiger partial charge in [0.25, 0.3) is 5.69 Å². The number of benzene rings is 1. The van der Waals surface area contributed by atoms with E-state index in [-0.39, 0.29) is 10.6 Å². The minimum Gasteiger partial charge on any atom is -0.385 e. The molecule has 0 aliphatic carbocycles. The maximum atomic E-state index is 11.0. The Hall–Kier alpha value is -1.60. The average Bonchev–Trinajstić information content (AvgIpc) is 2.88. The summed E-state index contributed by atoms with van der Waals surface area (Å²) in [5.74, 6) is 0. The lowest BCUT2D eigenvalue weighted by molar-refractivity contribution is -0.384. The van der Waals surface area contributed by atoms with Crippen LogP contribution in [0.1, 0.15) is 18.2 Å². The zero-order chi connectivity index (χ0) is 15.2. The summed E-state index contributed by atoms with van der Waals surface area (Å²) in [4.78, 5) is 11.8. The summed E-state index contributed by atoms with van der Waals surface area (Å²) in [6.45, 7) is 3.49. The molecule has 0 spiro atoms. The summed E-state index contributed by atoms with van der Waals surface area (Å²) in [5.41, 5.74) is 1.60. The molecule has 2 rings (SSSR count). The van der Waals surface area contributed by atoms with Crippen molar-refractivity contribution in [1.82, 2.24) is 0 Å². The van der Waals surface area contributed by atoms with E-state index in [1.807, 2.05) is 18.2 Å². The Morgan fingerprint density at radius 3 is 2.52 bits per heavy atom. The number of nitro groups is 1. The number of hydrogen-bond acceptors (Lipinski definition) is 5. The van der Waals surface area contributed by atoms with Crippen LogP contribution < -0.4 is 10.6 Å². The van der Waals surface area contributed by atoms with E-state index in [1.165, 1.54) is 0 Å². The monoisotopic (exact) mass is 369 g/mol. The van der Waals surface area contributed by atoms with E-state index in [0.29, 0.717) is 6.54 Å². The molecule has 0 atom stereocenters. The molecule has 7 heteroatoms. The Morgan fingerprint density at radius 1 is 1.24 bits per heavy atom. The summed E-state index contributed by atoms with van der Waals surface area (Å²) in [6.07, 6.45) is 0.967. The van der Waals surface area contributed by atoms with Crippen LogP contribution >= 0.6 is 27.3 Å². The fourth-order valence-corrected chi connectivity index (χ4v) is 3.25. The second kappa shape index (κ2) is 7.42. The minimum absolute atomic E-state index is 0.0889. The summed E-state index contributed by atoms with van der Waals surface area (Å²) in [6, 6.07) is 9.02. The molecule has 1 heterocycles. The molecule has 1 aromatic heterocycles. The first kappa shape index (κ1) is 15.8. The predicted octanol–water partition coefficient (Wildman–Crippen LogP) is 4.85. The van der Waals surface area contributed by atoms with Gasteiger partial charge in [-0.05, 0) is 40.5 Å². The molecule has 0 bridgehead atoms. The zero-order valence-electron chi connectivity index (χ0n) is 11.6. The highest BCUT2D eigenvalue weighted by Crippen LogP contribution is 2.26. The van der Waals surface area contributed by atoms with Crippen LogP contribution in [0.25, 0.3) is 0 Å². The first-order chi connectivity index (χ1) is 10.1. The van der Waals surface area contributed by atoms with Crippen LogP contribution in [0.3, 0.4) is 0 Å². The smallest absolute Gasteiger partial charge is 0.273 e. The first-order valence-corrected chi connectivity index (χ1v) is 8.21. The van der Waals surface area contributed by atoms with Crippen molar-refractivity contribution in [1.29, 1.82) is 0 Å². The standard InChI is InChI=1S/C14H16BrN3O2S/c1-2-5-16-10-6-11(8-12(7-10)18(19)20)17-9-13-3-4-14(15)21-13/h3-4,6-8,16-17H,2,5,9H2,1H3. The molecule has 1 aromatic carbocycles. The Morgan fingerprint density at radius 2 is 1.95 bits per heavy atom. The van der Waals surface area contributed by atoms with Crippen LogP contribution in [0, 0.1) is 10.1 Å². The fourth-order valence-electron chi connectivity index (χ4n) is 1.83. The van der Waals surface area contributed by atoms with Crippen molar-refractivity contribution < 1.29 is 4.92 Å². The van der Waals surface area contributed by atoms with E-state index in [0.717, 1.165) is 33.0 Å². The molecular formula is C14H16BrN3O2S. The molecule has 2 aromatic rings. The van der Waals surface area contributed by atoms with Crippen LogP contribution in [0.2, 0.25) is 0 Å². The highest BCUT2D eigenvalue weighted by atomic mass is 79.9. The van der Waals surface area contributed by atoms with E-state index in [2.05, 4.69) is 33.5 Å². The molecule has 2 N–H and O–H groups in total. The molecule has 5 nitrogen and oxygen atoms in total. The second-order valence-corrected chi connectivity index (χ2v) is 7.06. The van der Waals surface area contributed by atoms with Gasteiger partial charge in [0, 0.05) is 41.5 Å². The number of nitrogens with one attached hydrogen (secondary N) is 2. The normalized spacial score (nSPS) is 10.4. The van der Waals surface area contributed by atoms with E-state index < -0.39 is 0 Å². The lowest BCUT2D eigenvalue weighted by Crippen LogP contribution is -2.03. The number of halogens is 1. The molecular weight excluding hydrogens is 354 g/mol. The molecule has 0 saturated carbocycles. The van der Waals surface area contributed by atoms with E-state index in [1.54, 1.807) is 23.5 Å². The SMILES string of the molecule is CCCNc1cc(NCc2ccc(Br)s2)cc([N+](=O)[O-])c1. The minimum atomic E-state index is -0.371. The molecule has 0 aliphatic heterocycles. The van der Waals surface area contributed by atoms with Gasteiger partial charge in [0.15, 0.2) is 0 Å². The van der Waals surface area contributed by atoms with E-state index in [4.69, 9.17) is 0 Å². The third-order valence-electron chi connectivity index (χ3n) is 2.80. The Bertz CT molecular complexity index is 630. The number of nitro benzene ring substituents is 1. The van der Waals surface area contributed by atoms with Crippen LogP contribution in [0.15, 0.2) is 34.1 Å². The first-order valence-electron chi connectivity index (χ1n) is 6.60. The Balaban J connectivity index is 2.12. The maximum Gasteiger partial charge on any atom is 0.273 e. The van der Waals surface area contributed by atoms with Crippen molar-refractivity contribution in [3.8, 4) is 0 Å². The highest BCUT2D eigenvalue weighted by Gasteiger charge is 2.10. The molecule has 112 valence electrons. The molecule has 0 radical (unpaired) electrons. The zero-order valence-corrected chi connectivity index (χ0v) is 14.0. The van der Waals surface area contributed by atoms with Crippen molar-refractivity contribution in [2.75, 3.05) is 17.2 Å². The third kappa shape index (κ3) is 4.71. The van der Waals surface area contributed by atoms with Crippen molar-refractivity contribution >= 4 is 44.3 Å². The van der Waals surface area contributed by atoms with Crippen LogP contribution in [-0.2, 0) is 6.54 Å². The van der Waals surface area contributed by atoms with Gasteiger partial charge in [-0.1, -0.05) is 6.92 Å². The van der Waals surface area contributed by atoms with Gasteiger partial charge in [-0.3, -0.25) is 10.1 Å². The molecule has 0 saturated heterocycles. The van der Waals surface area contributed by atoms with Gasteiger partial charge < -0.3 is 10.6 Å². The topological polar surface area (TPSA) is 67.2 Å². The maximum absolute atomic E-state index is 11.0. The lowest BCUT2D eigenvalue weighted by atomic mass is 10.2. The van der Waals surface area contributed by atoms with Crippen molar-refractivity contribution in [3.05, 3.63) is 49.1 Å². The second-order valence-electron chi connectivity index (χ2n) is 4.51. The van der Waals surface area contributed by atoms with Crippen LogP contribution in [0.4, 0.5) is 17.1 Å². The number of thiophene rings is 1. The van der Waals surface area contributed by atoms with Crippen LogP contribution in [-0.4, -0.2) is 11.5 Å². The fraction of sp³-hybridized carbons (Fsp3) is 0.286. The van der Waals surface area contributed by atoms with Gasteiger partial charge in [-0.15, -0.1) is 11.3 Å². The number of rotatable bonds is 7. The van der Waals surface area contributed by atoms with Crippen molar-refractivity contribution in [2.45, 2.75) is 19.9 Å². The third-order valence-corrected chi connectivity index (χ3v) is 4.43. The van der Waals surface area contributed by atoms with E-state index >= 15 is 0 Å². The summed E-state index contributed by atoms with van der Waals surface area (Å²) >= 11 is 5.06. The largest absolute Gasteiger partial charge is 0.385 e. The summed E-state index contributed by atoms with van der Waals surface area (Å²) < 4.78 is 1.07. The summed E-state index contributed by atoms with van der Waals surface area (Å²) in [7, 11) is 0. The van der Waals surface area contributed by atoms with Crippen molar-refractivity contribution in [2.24, 2.45) is 0 Å². The van der Waals surface area contributed by atoms with E-state index in [9.17, 15) is 10.1 Å². The molecule has 0 amide bonds. The van der Waals surface area contributed by atoms with Gasteiger partial charge in [-0.25, -0.2) is 0 Å². The quantitative estimate of drug-likeness (QED) is 0.540. The number of non-ortho nitro benzene ring substituents is 1. The highest BCUT2D eigenvalue weighted by molar-refractivity contribution is 9.11. The van der Waals surface area contributed by atoms with Crippen LogP contribution in [0.5, 0.6) is 0 Å². The Kier molecular flexibility index (Phi) is 5.58. The molecule has 0 fully saturated rings. The Labute approximate surface area is 135 Å². The van der Waals surface area contributed by atoms with Gasteiger partial charge >= 0.3 is 0 Å². The van der Waals surface area contributed by atoms with Gasteiger partial charge in [0.05, 0.1) is 8.71 Å². The predicted molar refractivity (Wildman–Crippen MR) is 91.2 cm³/mol. The van der Waals surface area contributed by atoms with Gasteiger partial charge in [0.2, 0.25) is 0 Å². The number of hydrogen-bond donors (Lipinski definition) is 2. The molecule has 0 unspecified atom stereocenters. The molecule has 21 heavy (non-hydrogen) atoms. The van der Waals surface area contributed by atoms with Gasteiger partial charge in [0.1, 0.15) is 0 Å². The molecule has 0 aliphatic rings. The number of anilines is 2.